The lowest BCUT2D eigenvalue weighted by Gasteiger charge is -2.19. The van der Waals surface area contributed by atoms with Gasteiger partial charge in [-0.2, -0.15) is 18.4 Å². The summed E-state index contributed by atoms with van der Waals surface area (Å²) in [5, 5.41) is 18.1. The van der Waals surface area contributed by atoms with Crippen LogP contribution in [0.2, 0.25) is 0 Å². The second kappa shape index (κ2) is 7.61. The van der Waals surface area contributed by atoms with Crippen LogP contribution in [0.5, 0.6) is 11.5 Å². The second-order valence-corrected chi connectivity index (χ2v) is 8.40. The number of alkyl halides is 3. The molecule has 1 N–H and O–H groups in total. The van der Waals surface area contributed by atoms with Crippen LogP contribution in [0, 0.1) is 27.6 Å². The van der Waals surface area contributed by atoms with Crippen molar-refractivity contribution in [3.05, 3.63) is 71.3 Å². The van der Waals surface area contributed by atoms with Gasteiger partial charge in [-0.25, -0.2) is 0 Å². The Morgan fingerprint density at radius 1 is 1.16 bits per heavy atom. The highest BCUT2D eigenvalue weighted by molar-refractivity contribution is 6.30. The van der Waals surface area contributed by atoms with E-state index >= 15 is 0 Å². The first kappa shape index (κ1) is 22.7. The minimum Gasteiger partial charge on any atom is -0.480 e. The molecule has 0 saturated heterocycles. The fraction of sp³-hybridized carbons (Fsp3) is 0.304. The predicted molar refractivity (Wildman–Crippen MR) is 109 cm³/mol. The quantitative estimate of drug-likeness (QED) is 0.559. The number of halogens is 4. The maximum Gasteiger partial charge on any atom is 0.426 e. The maximum absolute atomic E-state index is 13.2. The SMILES string of the molecule is CC1(C)[C@](C#N)(C(=O)O)[C@]1(C=C(Cl)C(F)(F)F)Cc1cccc(Oc2ccccc2)c1. The zero-order valence-electron chi connectivity index (χ0n) is 16.7. The first-order chi connectivity index (χ1) is 14.4. The van der Waals surface area contributed by atoms with Crippen LogP contribution in [0.3, 0.4) is 0 Å². The number of carboxylic acid groups (broad SMARTS) is 1. The maximum atomic E-state index is 13.2. The Bertz CT molecular complexity index is 1080. The molecule has 2 aromatic rings. The van der Waals surface area contributed by atoms with Gasteiger partial charge in [0, 0.05) is 10.8 Å². The summed E-state index contributed by atoms with van der Waals surface area (Å²) < 4.78 is 45.4. The van der Waals surface area contributed by atoms with Crippen LogP contribution in [-0.4, -0.2) is 17.3 Å². The molecule has 4 nitrogen and oxygen atoms in total. The summed E-state index contributed by atoms with van der Waals surface area (Å²) in [4.78, 5) is 12.1. The molecule has 0 amide bonds. The molecule has 0 radical (unpaired) electrons. The highest BCUT2D eigenvalue weighted by Crippen LogP contribution is 2.80. The molecule has 1 aliphatic rings. The van der Waals surface area contributed by atoms with E-state index in [1.165, 1.54) is 13.8 Å². The number of hydrogen-bond acceptors (Lipinski definition) is 3. The van der Waals surface area contributed by atoms with Gasteiger partial charge < -0.3 is 9.84 Å². The van der Waals surface area contributed by atoms with Crippen LogP contribution in [0.25, 0.3) is 0 Å². The Balaban J connectivity index is 2.05. The number of carboxylic acids is 1. The normalized spacial score (nSPS) is 24.9. The van der Waals surface area contributed by atoms with E-state index in [2.05, 4.69) is 0 Å². The number of para-hydroxylation sites is 1. The molecule has 8 heteroatoms. The van der Waals surface area contributed by atoms with Crippen LogP contribution in [0.4, 0.5) is 13.2 Å². The molecule has 0 aliphatic heterocycles. The molecule has 0 bridgehead atoms. The molecular weight excluding hydrogens is 431 g/mol. The molecule has 2 atom stereocenters. The third kappa shape index (κ3) is 3.55. The number of nitrogens with zero attached hydrogens (tertiary/aromatic N) is 1. The van der Waals surface area contributed by atoms with Crippen LogP contribution in [0.1, 0.15) is 19.4 Å². The third-order valence-corrected chi connectivity index (χ3v) is 6.48. The summed E-state index contributed by atoms with van der Waals surface area (Å²) in [5.74, 6) is -0.487. The van der Waals surface area contributed by atoms with Crippen molar-refractivity contribution in [3.8, 4) is 17.6 Å². The van der Waals surface area contributed by atoms with Crippen LogP contribution in [-0.2, 0) is 11.2 Å². The molecule has 0 spiro atoms. The Morgan fingerprint density at radius 2 is 1.77 bits per heavy atom. The standard InChI is InChI=1S/C23H19ClF3NO3/c1-20(2)21(13-18(24)23(25,26)27,22(20,14-28)19(29)30)12-15-7-6-10-17(11-15)31-16-8-4-3-5-9-16/h3-11,13H,12H2,1-2H3,(H,29,30)/t21-,22-/m0/s1. The molecule has 0 aromatic heterocycles. The topological polar surface area (TPSA) is 70.3 Å². The molecule has 0 heterocycles. The van der Waals surface area contributed by atoms with Crippen LogP contribution < -0.4 is 4.74 Å². The number of ether oxygens (including phenoxy) is 1. The highest BCUT2D eigenvalue weighted by atomic mass is 35.5. The van der Waals surface area contributed by atoms with Crippen molar-refractivity contribution < 1.29 is 27.8 Å². The Labute approximate surface area is 182 Å². The van der Waals surface area contributed by atoms with Crippen molar-refractivity contribution >= 4 is 17.6 Å². The number of aliphatic carboxylic acids is 1. The first-order valence-corrected chi connectivity index (χ1v) is 9.71. The van der Waals surface area contributed by atoms with Crippen molar-refractivity contribution in [2.75, 3.05) is 0 Å². The highest BCUT2D eigenvalue weighted by Gasteiger charge is 2.86. The van der Waals surface area contributed by atoms with Gasteiger partial charge in [-0.15, -0.1) is 0 Å². The number of benzene rings is 2. The summed E-state index contributed by atoms with van der Waals surface area (Å²) in [6, 6.07) is 17.2. The van der Waals surface area contributed by atoms with E-state index in [0.29, 0.717) is 23.1 Å². The Morgan fingerprint density at radius 3 is 2.29 bits per heavy atom. The summed E-state index contributed by atoms with van der Waals surface area (Å²) in [7, 11) is 0. The monoisotopic (exact) mass is 449 g/mol. The molecule has 31 heavy (non-hydrogen) atoms. The van der Waals surface area contributed by atoms with E-state index < -0.39 is 33.4 Å². The van der Waals surface area contributed by atoms with Crippen LogP contribution in [0.15, 0.2) is 65.7 Å². The lowest BCUT2D eigenvalue weighted by Crippen LogP contribution is -2.24. The van der Waals surface area contributed by atoms with Gasteiger partial charge in [-0.3, -0.25) is 4.79 Å². The van der Waals surface area contributed by atoms with Gasteiger partial charge in [-0.1, -0.05) is 61.9 Å². The fourth-order valence-electron chi connectivity index (χ4n) is 4.40. The predicted octanol–water partition coefficient (Wildman–Crippen LogP) is 6.33. The van der Waals surface area contributed by atoms with Crippen molar-refractivity contribution in [1.82, 2.24) is 0 Å². The minimum atomic E-state index is -4.86. The Kier molecular flexibility index (Phi) is 5.57. The molecule has 3 rings (SSSR count). The summed E-state index contributed by atoms with van der Waals surface area (Å²) >= 11 is 5.51. The van der Waals surface area contributed by atoms with E-state index in [9.17, 15) is 28.3 Å². The molecule has 2 aromatic carbocycles. The molecule has 0 unspecified atom stereocenters. The van der Waals surface area contributed by atoms with Gasteiger partial charge in [-0.05, 0) is 36.2 Å². The number of rotatable bonds is 6. The van der Waals surface area contributed by atoms with Crippen molar-refractivity contribution in [2.24, 2.45) is 16.2 Å². The second-order valence-electron chi connectivity index (χ2n) is 7.99. The number of nitriles is 1. The molecule has 1 fully saturated rings. The third-order valence-electron chi connectivity index (χ3n) is 6.15. The van der Waals surface area contributed by atoms with Crippen LogP contribution >= 0.6 is 11.6 Å². The van der Waals surface area contributed by atoms with E-state index in [1.54, 1.807) is 54.6 Å². The van der Waals surface area contributed by atoms with E-state index in [-0.39, 0.29) is 6.42 Å². The zero-order valence-corrected chi connectivity index (χ0v) is 17.5. The smallest absolute Gasteiger partial charge is 0.426 e. The van der Waals surface area contributed by atoms with Gasteiger partial charge in [0.1, 0.15) is 16.5 Å². The van der Waals surface area contributed by atoms with Gasteiger partial charge >= 0.3 is 12.1 Å². The summed E-state index contributed by atoms with van der Waals surface area (Å²) in [6.07, 6.45) is -4.31. The molecule has 1 saturated carbocycles. The van der Waals surface area contributed by atoms with E-state index in [0.717, 1.165) is 0 Å². The number of hydrogen-bond donors (Lipinski definition) is 1. The lowest BCUT2D eigenvalue weighted by molar-refractivity contribution is -0.143. The summed E-state index contributed by atoms with van der Waals surface area (Å²) in [5.41, 5.74) is -4.52. The van der Waals surface area contributed by atoms with E-state index in [4.69, 9.17) is 16.3 Å². The molecular formula is C23H19ClF3NO3. The molecule has 1 aliphatic carbocycles. The fourth-order valence-corrected chi connectivity index (χ4v) is 4.59. The average molecular weight is 450 g/mol. The lowest BCUT2D eigenvalue weighted by atomic mass is 9.85. The van der Waals surface area contributed by atoms with Crippen molar-refractivity contribution in [2.45, 2.75) is 26.4 Å². The zero-order chi connectivity index (χ0) is 23.1. The van der Waals surface area contributed by atoms with Crippen molar-refractivity contribution in [1.29, 1.82) is 5.26 Å². The van der Waals surface area contributed by atoms with Crippen molar-refractivity contribution in [3.63, 3.8) is 0 Å². The number of allylic oxidation sites excluding steroid dienone is 2. The van der Waals surface area contributed by atoms with Gasteiger partial charge in [0.2, 0.25) is 0 Å². The van der Waals surface area contributed by atoms with Gasteiger partial charge in [0.15, 0.2) is 5.41 Å². The minimum absolute atomic E-state index is 0.141. The largest absolute Gasteiger partial charge is 0.480 e. The van der Waals surface area contributed by atoms with Gasteiger partial charge in [0.05, 0.1) is 6.07 Å². The summed E-state index contributed by atoms with van der Waals surface area (Å²) in [6.45, 7) is 2.93. The Hall–Kier alpha value is -2.98. The average Bonchev–Trinajstić information content (AvgIpc) is 3.10. The first-order valence-electron chi connectivity index (χ1n) is 9.33. The number of carbonyl (C=O) groups is 1. The van der Waals surface area contributed by atoms with E-state index in [1.807, 2.05) is 6.07 Å². The molecule has 162 valence electrons. The van der Waals surface area contributed by atoms with Gasteiger partial charge in [0.25, 0.3) is 0 Å².